The van der Waals surface area contributed by atoms with Gasteiger partial charge in [-0.3, -0.25) is 39.2 Å². The number of carbonyl (C=O) groups excluding carboxylic acids is 4. The standard InChI is InChI=1S/C41H46F3N9O5S/c1-6-26-16-29(53-39(59)52(38(57)40(53,4)5)30-18-31(41(42,43)44)33(19-45)46-20-30)10-12-34(26)58-15-14-50-21-24(2)51(25(3)22-50)23-36(55)48-28-9-7-8-27(17-28)47-32-11-13-35(54)49-37(32)56/h7-10,12,16-18,20,24-25,32,47H,6,11,13-15,21-23H2,1-5H3,(H,48,55)(H,49,54,56)/t24-,25+,32?. The molecule has 6 rings (SSSR count). The van der Waals surface area contributed by atoms with Crippen molar-refractivity contribution in [3.63, 3.8) is 0 Å². The second-order valence-corrected chi connectivity index (χ2v) is 15.8. The van der Waals surface area contributed by atoms with E-state index in [-0.39, 0.29) is 53.6 Å². The molecule has 14 nitrogen and oxygen atoms in total. The third-order valence-electron chi connectivity index (χ3n) is 10.8. The maximum Gasteiger partial charge on any atom is 0.419 e. The number of imide groups is 1. The van der Waals surface area contributed by atoms with E-state index in [2.05, 4.69) is 44.6 Å². The van der Waals surface area contributed by atoms with Crippen LogP contribution in [0.5, 0.6) is 5.75 Å². The third kappa shape index (κ3) is 9.32. The molecule has 0 bridgehead atoms. The van der Waals surface area contributed by atoms with Gasteiger partial charge in [-0.15, -0.1) is 0 Å². The number of thiocarbonyl (C=S) groups is 1. The number of alkyl halides is 3. The normalized spacial score (nSPS) is 21.3. The molecule has 3 aliphatic heterocycles. The van der Waals surface area contributed by atoms with Crippen molar-refractivity contribution in [1.82, 2.24) is 20.1 Å². The number of ether oxygens (including phenoxy) is 1. The van der Waals surface area contributed by atoms with E-state index in [4.69, 9.17) is 17.0 Å². The van der Waals surface area contributed by atoms with Crippen molar-refractivity contribution in [2.75, 3.05) is 53.2 Å². The van der Waals surface area contributed by atoms with E-state index in [0.717, 1.165) is 35.8 Å². The number of nitrogens with zero attached hydrogens (tertiary/aromatic N) is 6. The number of nitrogens with one attached hydrogen (secondary N) is 3. The van der Waals surface area contributed by atoms with E-state index >= 15 is 0 Å². The van der Waals surface area contributed by atoms with Crippen LogP contribution in [-0.2, 0) is 31.8 Å². The van der Waals surface area contributed by atoms with E-state index < -0.39 is 34.9 Å². The number of hydrogen-bond donors (Lipinski definition) is 3. The molecule has 3 fully saturated rings. The van der Waals surface area contributed by atoms with Gasteiger partial charge >= 0.3 is 6.18 Å². The Morgan fingerprint density at radius 1 is 1.07 bits per heavy atom. The van der Waals surface area contributed by atoms with Crippen molar-refractivity contribution in [3.8, 4) is 11.8 Å². The molecule has 3 aliphatic rings. The lowest BCUT2D eigenvalue weighted by Crippen LogP contribution is -2.58. The summed E-state index contributed by atoms with van der Waals surface area (Å²) in [4.78, 5) is 61.3. The van der Waals surface area contributed by atoms with Crippen molar-refractivity contribution in [2.45, 2.75) is 83.7 Å². The quantitative estimate of drug-likeness (QED) is 0.164. The molecule has 0 spiro atoms. The van der Waals surface area contributed by atoms with E-state index in [1.165, 1.54) is 6.07 Å². The van der Waals surface area contributed by atoms with Crippen LogP contribution in [0.25, 0.3) is 0 Å². The minimum Gasteiger partial charge on any atom is -0.492 e. The van der Waals surface area contributed by atoms with Gasteiger partial charge in [0.05, 0.1) is 24.0 Å². The first-order chi connectivity index (χ1) is 27.9. The maximum absolute atomic E-state index is 13.7. The number of aromatic nitrogens is 1. The summed E-state index contributed by atoms with van der Waals surface area (Å²) >= 11 is 5.69. The van der Waals surface area contributed by atoms with E-state index in [9.17, 15) is 37.6 Å². The van der Waals surface area contributed by atoms with Gasteiger partial charge in [0.1, 0.15) is 30.0 Å². The predicted octanol–water partition coefficient (Wildman–Crippen LogP) is 5.08. The topological polar surface area (TPSA) is 163 Å². The molecule has 1 unspecified atom stereocenters. The molecule has 3 saturated heterocycles. The summed E-state index contributed by atoms with van der Waals surface area (Å²) in [7, 11) is 0. The summed E-state index contributed by atoms with van der Waals surface area (Å²) in [5.74, 6) is -0.710. The Bertz CT molecular complexity index is 2180. The van der Waals surface area contributed by atoms with Crippen LogP contribution in [-0.4, -0.2) is 100.0 Å². The van der Waals surface area contributed by atoms with Crippen LogP contribution in [0.2, 0.25) is 0 Å². The first-order valence-electron chi connectivity index (χ1n) is 19.3. The molecule has 2 aromatic carbocycles. The van der Waals surface area contributed by atoms with E-state index in [1.807, 2.05) is 13.0 Å². The minimum absolute atomic E-state index is 0.0243. The van der Waals surface area contributed by atoms with Crippen LogP contribution < -0.4 is 30.5 Å². The fourth-order valence-corrected chi connectivity index (χ4v) is 8.31. The molecule has 3 aromatic rings. The maximum atomic E-state index is 13.7. The van der Waals surface area contributed by atoms with Crippen molar-refractivity contribution in [1.29, 1.82) is 5.26 Å². The van der Waals surface area contributed by atoms with E-state index in [1.54, 1.807) is 55.1 Å². The molecule has 312 valence electrons. The first-order valence-corrected chi connectivity index (χ1v) is 19.7. The SMILES string of the molecule is CCc1cc(N2C(=S)N(c3cnc(C#N)c(C(F)(F)F)c3)C(=O)C2(C)C)ccc1OCCN1C[C@@H](C)N(CC(=O)Nc2cccc(NC3CCC(=O)NC3=O)c2)[C@@H](C)C1. The van der Waals surface area contributed by atoms with Gasteiger partial charge in [-0.2, -0.15) is 18.4 Å². The van der Waals surface area contributed by atoms with Gasteiger partial charge in [-0.1, -0.05) is 13.0 Å². The highest BCUT2D eigenvalue weighted by atomic mass is 32.1. The summed E-state index contributed by atoms with van der Waals surface area (Å²) in [5.41, 5.74) is -0.827. The Kier molecular flexibility index (Phi) is 12.6. The number of piperidine rings is 1. The molecule has 4 amide bonds. The Morgan fingerprint density at radius 3 is 2.44 bits per heavy atom. The van der Waals surface area contributed by atoms with Crippen LogP contribution in [0.15, 0.2) is 54.7 Å². The summed E-state index contributed by atoms with van der Waals surface area (Å²) in [6.45, 7) is 12.1. The second kappa shape index (κ2) is 17.3. The van der Waals surface area contributed by atoms with Gasteiger partial charge in [-0.25, -0.2) is 4.98 Å². The summed E-state index contributed by atoms with van der Waals surface area (Å²) in [5, 5.41) is 17.6. The van der Waals surface area contributed by atoms with E-state index in [0.29, 0.717) is 48.8 Å². The first kappa shape index (κ1) is 43.0. The lowest BCUT2D eigenvalue weighted by molar-refractivity contribution is -0.138. The monoisotopic (exact) mass is 833 g/mol. The van der Waals surface area contributed by atoms with Crippen molar-refractivity contribution in [2.24, 2.45) is 0 Å². The number of rotatable bonds is 12. The number of aryl methyl sites for hydroxylation is 1. The zero-order chi connectivity index (χ0) is 42.8. The average molecular weight is 834 g/mol. The van der Waals surface area contributed by atoms with Gasteiger partial charge in [-0.05, 0) is 101 Å². The molecule has 0 aliphatic carbocycles. The van der Waals surface area contributed by atoms with Crippen LogP contribution in [0.1, 0.15) is 64.3 Å². The summed E-state index contributed by atoms with van der Waals surface area (Å²) < 4.78 is 47.5. The lowest BCUT2D eigenvalue weighted by Gasteiger charge is -2.44. The highest BCUT2D eigenvalue weighted by Crippen LogP contribution is 2.40. The number of benzene rings is 2. The molecular weight excluding hydrogens is 788 g/mol. The highest BCUT2D eigenvalue weighted by molar-refractivity contribution is 7.81. The Balaban J connectivity index is 1.03. The van der Waals surface area contributed by atoms with Gasteiger partial charge < -0.3 is 20.3 Å². The van der Waals surface area contributed by atoms with Crippen LogP contribution in [0.3, 0.4) is 0 Å². The Labute approximate surface area is 345 Å². The van der Waals surface area contributed by atoms with Crippen LogP contribution in [0, 0.1) is 11.3 Å². The van der Waals surface area contributed by atoms with Gasteiger partial charge in [0.2, 0.25) is 17.7 Å². The molecule has 18 heteroatoms. The van der Waals surface area contributed by atoms with Gasteiger partial charge in [0, 0.05) is 55.2 Å². The van der Waals surface area contributed by atoms with Crippen molar-refractivity contribution in [3.05, 3.63) is 71.5 Å². The van der Waals surface area contributed by atoms with Crippen LogP contribution in [0.4, 0.5) is 35.9 Å². The zero-order valence-electron chi connectivity index (χ0n) is 33.4. The molecule has 3 N–H and O–H groups in total. The molecule has 4 heterocycles. The Hall–Kier alpha value is -5.64. The number of amides is 4. The smallest absolute Gasteiger partial charge is 0.419 e. The fraction of sp³-hybridized carbons (Fsp3) is 0.439. The number of halogens is 3. The third-order valence-corrected chi connectivity index (χ3v) is 11.2. The lowest BCUT2D eigenvalue weighted by atomic mass is 10.0. The van der Waals surface area contributed by atoms with Gasteiger partial charge in [0.15, 0.2) is 10.8 Å². The average Bonchev–Trinajstić information content (AvgIpc) is 3.35. The van der Waals surface area contributed by atoms with Crippen LogP contribution >= 0.6 is 12.2 Å². The number of anilines is 4. The van der Waals surface area contributed by atoms with Crippen molar-refractivity contribution < 1.29 is 37.1 Å². The summed E-state index contributed by atoms with van der Waals surface area (Å²) in [6, 6.07) is 14.3. The minimum atomic E-state index is -4.86. The molecule has 3 atom stereocenters. The fourth-order valence-electron chi connectivity index (χ4n) is 7.79. The highest BCUT2D eigenvalue weighted by Gasteiger charge is 2.51. The Morgan fingerprint density at radius 2 is 1.78 bits per heavy atom. The molecule has 59 heavy (non-hydrogen) atoms. The largest absolute Gasteiger partial charge is 0.492 e. The number of nitriles is 1. The summed E-state index contributed by atoms with van der Waals surface area (Å²) in [6.07, 6.45) is -2.58. The molecule has 1 aromatic heterocycles. The molecular formula is C41H46F3N9O5S. The van der Waals surface area contributed by atoms with Crippen molar-refractivity contribution >= 4 is 63.7 Å². The number of carbonyl (C=O) groups is 4. The number of piperazine rings is 1. The molecule has 0 saturated carbocycles. The number of pyridine rings is 1. The van der Waals surface area contributed by atoms with Gasteiger partial charge in [0.25, 0.3) is 5.91 Å². The zero-order valence-corrected chi connectivity index (χ0v) is 34.2. The second-order valence-electron chi connectivity index (χ2n) is 15.4. The molecule has 0 radical (unpaired) electrons. The number of hydrogen-bond acceptors (Lipinski definition) is 11. The predicted molar refractivity (Wildman–Crippen MR) is 219 cm³/mol.